The van der Waals surface area contributed by atoms with E-state index in [0.717, 1.165) is 66.7 Å². The summed E-state index contributed by atoms with van der Waals surface area (Å²) in [5.74, 6) is -0.980. The minimum absolute atomic E-state index is 0.144. The number of nitrogens with one attached hydrogen (secondary N) is 2. The van der Waals surface area contributed by atoms with Gasteiger partial charge in [-0.05, 0) is 68.0 Å². The molecular weight excluding hydrogens is 407 g/mol. The molecular formula is C25H27FN4O2. The molecule has 0 atom stereocenters. The lowest BCUT2D eigenvalue weighted by Gasteiger charge is -2.10. The van der Waals surface area contributed by atoms with Crippen LogP contribution in [-0.2, 0) is 24.1 Å². The normalized spacial score (nSPS) is 13.2. The molecule has 32 heavy (non-hydrogen) atoms. The van der Waals surface area contributed by atoms with Crippen molar-refractivity contribution in [2.24, 2.45) is 0 Å². The Morgan fingerprint density at radius 2 is 1.78 bits per heavy atom. The van der Waals surface area contributed by atoms with Crippen LogP contribution in [0.3, 0.4) is 0 Å². The molecule has 0 aliphatic heterocycles. The van der Waals surface area contributed by atoms with E-state index in [1.807, 2.05) is 31.2 Å². The Bertz CT molecular complexity index is 1120. The van der Waals surface area contributed by atoms with Crippen molar-refractivity contribution >= 4 is 17.5 Å². The molecule has 0 saturated carbocycles. The van der Waals surface area contributed by atoms with E-state index in [1.165, 1.54) is 12.1 Å². The quantitative estimate of drug-likeness (QED) is 0.571. The topological polar surface area (TPSA) is 76.0 Å². The van der Waals surface area contributed by atoms with Crippen molar-refractivity contribution in [1.82, 2.24) is 15.1 Å². The zero-order valence-corrected chi connectivity index (χ0v) is 18.2. The Balaban J connectivity index is 1.52. The highest BCUT2D eigenvalue weighted by Crippen LogP contribution is 2.26. The van der Waals surface area contributed by atoms with Gasteiger partial charge in [0.25, 0.3) is 5.91 Å². The van der Waals surface area contributed by atoms with Gasteiger partial charge in [-0.1, -0.05) is 31.5 Å². The van der Waals surface area contributed by atoms with Crippen LogP contribution in [0, 0.1) is 5.82 Å². The van der Waals surface area contributed by atoms with Crippen LogP contribution in [0.1, 0.15) is 53.5 Å². The summed E-state index contributed by atoms with van der Waals surface area (Å²) in [6.07, 6.45) is 5.45. The second-order valence-corrected chi connectivity index (χ2v) is 7.96. The second kappa shape index (κ2) is 9.77. The Morgan fingerprint density at radius 1 is 1.03 bits per heavy atom. The molecule has 1 aromatic heterocycles. The molecule has 4 rings (SSSR count). The van der Waals surface area contributed by atoms with Gasteiger partial charge < -0.3 is 10.6 Å². The van der Waals surface area contributed by atoms with Crippen LogP contribution in [0.25, 0.3) is 5.69 Å². The van der Waals surface area contributed by atoms with Crippen molar-refractivity contribution in [3.8, 4) is 5.69 Å². The van der Waals surface area contributed by atoms with Gasteiger partial charge in [0.15, 0.2) is 5.69 Å². The van der Waals surface area contributed by atoms with Gasteiger partial charge in [-0.15, -0.1) is 0 Å². The summed E-state index contributed by atoms with van der Waals surface area (Å²) < 4.78 is 15.1. The van der Waals surface area contributed by atoms with Crippen LogP contribution in [0.4, 0.5) is 10.1 Å². The van der Waals surface area contributed by atoms with Gasteiger partial charge in [-0.2, -0.15) is 5.10 Å². The Kier molecular flexibility index (Phi) is 6.63. The molecule has 2 amide bonds. The van der Waals surface area contributed by atoms with Crippen LogP contribution >= 0.6 is 0 Å². The van der Waals surface area contributed by atoms with E-state index in [9.17, 15) is 14.0 Å². The monoisotopic (exact) mass is 434 g/mol. The van der Waals surface area contributed by atoms with Crippen molar-refractivity contribution in [1.29, 1.82) is 0 Å². The molecule has 0 unspecified atom stereocenters. The van der Waals surface area contributed by atoms with E-state index in [0.29, 0.717) is 5.69 Å². The number of carbonyl (C=O) groups is 2. The molecule has 7 heteroatoms. The van der Waals surface area contributed by atoms with Gasteiger partial charge in [0.2, 0.25) is 5.91 Å². The molecule has 1 heterocycles. The summed E-state index contributed by atoms with van der Waals surface area (Å²) in [6.45, 7) is 1.88. The summed E-state index contributed by atoms with van der Waals surface area (Å²) in [7, 11) is 0. The van der Waals surface area contributed by atoms with Gasteiger partial charge in [-0.3, -0.25) is 9.59 Å². The standard InChI is InChI=1S/C25H27FN4O2/c1-2-17-8-6-7-10-21(17)28-23(31)16-27-25(32)24-20-9-4-3-5-11-22(20)30(29-24)19-14-12-18(26)13-15-19/h6-8,10,12-15H,2-5,9,11,16H2,1H3,(H,27,32)(H,28,31). The van der Waals surface area contributed by atoms with Crippen molar-refractivity contribution in [2.45, 2.75) is 45.4 Å². The summed E-state index contributed by atoms with van der Waals surface area (Å²) in [6, 6.07) is 13.7. The number of para-hydroxylation sites is 1. The molecule has 1 aliphatic carbocycles. The first-order chi connectivity index (χ1) is 15.6. The average Bonchev–Trinajstić information content (AvgIpc) is 2.99. The number of aromatic nitrogens is 2. The van der Waals surface area contributed by atoms with Crippen LogP contribution < -0.4 is 10.6 Å². The molecule has 0 radical (unpaired) electrons. The Hall–Kier alpha value is -3.48. The van der Waals surface area contributed by atoms with Crippen molar-refractivity contribution in [3.05, 3.63) is 76.9 Å². The first-order valence-corrected chi connectivity index (χ1v) is 11.1. The minimum atomic E-state index is -0.372. The third-order valence-corrected chi connectivity index (χ3v) is 5.80. The second-order valence-electron chi connectivity index (χ2n) is 7.96. The van der Waals surface area contributed by atoms with Crippen molar-refractivity contribution < 1.29 is 14.0 Å². The number of hydrogen-bond acceptors (Lipinski definition) is 3. The molecule has 3 aromatic rings. The van der Waals surface area contributed by atoms with Gasteiger partial charge in [-0.25, -0.2) is 9.07 Å². The third-order valence-electron chi connectivity index (χ3n) is 5.80. The number of hydrogen-bond donors (Lipinski definition) is 2. The van der Waals surface area contributed by atoms with E-state index in [-0.39, 0.29) is 24.2 Å². The van der Waals surface area contributed by atoms with Crippen molar-refractivity contribution in [2.75, 3.05) is 11.9 Å². The maximum absolute atomic E-state index is 13.4. The molecule has 2 N–H and O–H groups in total. The van der Waals surface area contributed by atoms with E-state index >= 15 is 0 Å². The first-order valence-electron chi connectivity index (χ1n) is 11.1. The largest absolute Gasteiger partial charge is 0.342 e. The highest BCUT2D eigenvalue weighted by atomic mass is 19.1. The van der Waals surface area contributed by atoms with Crippen LogP contribution in [0.2, 0.25) is 0 Å². The lowest BCUT2D eigenvalue weighted by atomic mass is 10.1. The van der Waals surface area contributed by atoms with E-state index < -0.39 is 0 Å². The zero-order valence-electron chi connectivity index (χ0n) is 18.2. The predicted octanol–water partition coefficient (Wildman–Crippen LogP) is 4.21. The fraction of sp³-hybridized carbons (Fsp3) is 0.320. The summed E-state index contributed by atoms with van der Waals surface area (Å²) >= 11 is 0. The number of amides is 2. The van der Waals surface area contributed by atoms with E-state index in [2.05, 4.69) is 15.7 Å². The average molecular weight is 435 g/mol. The molecule has 0 spiro atoms. The fourth-order valence-electron chi connectivity index (χ4n) is 4.14. The number of nitrogens with zero attached hydrogens (tertiary/aromatic N) is 2. The van der Waals surface area contributed by atoms with Gasteiger partial charge >= 0.3 is 0 Å². The molecule has 0 bridgehead atoms. The number of halogens is 1. The lowest BCUT2D eigenvalue weighted by Crippen LogP contribution is -2.33. The summed E-state index contributed by atoms with van der Waals surface area (Å²) in [5, 5.41) is 10.1. The molecule has 0 fully saturated rings. The van der Waals surface area contributed by atoms with Crippen molar-refractivity contribution in [3.63, 3.8) is 0 Å². The number of anilines is 1. The predicted molar refractivity (Wildman–Crippen MR) is 122 cm³/mol. The fourth-order valence-corrected chi connectivity index (χ4v) is 4.14. The number of fused-ring (bicyclic) bond motifs is 1. The van der Waals surface area contributed by atoms with Crippen LogP contribution in [0.15, 0.2) is 48.5 Å². The molecule has 166 valence electrons. The zero-order chi connectivity index (χ0) is 22.5. The number of rotatable bonds is 6. The van der Waals surface area contributed by atoms with Crippen LogP contribution in [-0.4, -0.2) is 28.1 Å². The lowest BCUT2D eigenvalue weighted by molar-refractivity contribution is -0.115. The highest BCUT2D eigenvalue weighted by molar-refractivity contribution is 5.99. The SMILES string of the molecule is CCc1ccccc1NC(=O)CNC(=O)c1nn(-c2ccc(F)cc2)c2c1CCCCC2. The number of carbonyl (C=O) groups excluding carboxylic acids is 2. The number of benzene rings is 2. The van der Waals surface area contributed by atoms with Gasteiger partial charge in [0.1, 0.15) is 5.82 Å². The summed E-state index contributed by atoms with van der Waals surface area (Å²) in [4.78, 5) is 25.4. The number of aryl methyl sites for hydroxylation is 1. The Labute approximate surface area is 186 Å². The smallest absolute Gasteiger partial charge is 0.272 e. The summed E-state index contributed by atoms with van der Waals surface area (Å²) in [5.41, 5.74) is 4.76. The molecule has 0 saturated heterocycles. The van der Waals surface area contributed by atoms with Gasteiger partial charge in [0.05, 0.1) is 12.2 Å². The van der Waals surface area contributed by atoms with Gasteiger partial charge in [0, 0.05) is 16.9 Å². The highest BCUT2D eigenvalue weighted by Gasteiger charge is 2.25. The van der Waals surface area contributed by atoms with E-state index in [4.69, 9.17) is 0 Å². The third kappa shape index (κ3) is 4.72. The first kappa shape index (κ1) is 21.7. The maximum atomic E-state index is 13.4. The molecule has 1 aliphatic rings. The van der Waals surface area contributed by atoms with Crippen LogP contribution in [0.5, 0.6) is 0 Å². The molecule has 6 nitrogen and oxygen atoms in total. The molecule has 2 aromatic carbocycles. The minimum Gasteiger partial charge on any atom is -0.342 e. The maximum Gasteiger partial charge on any atom is 0.272 e. The Morgan fingerprint density at radius 3 is 2.56 bits per heavy atom. The van der Waals surface area contributed by atoms with E-state index in [1.54, 1.807) is 16.8 Å².